The summed E-state index contributed by atoms with van der Waals surface area (Å²) >= 11 is 0. The van der Waals surface area contributed by atoms with E-state index in [-0.39, 0.29) is 5.92 Å². The SMILES string of the molecule is C[C@@H](/C=N/O)c1ccccc1. The first-order chi connectivity index (χ1) is 5.34. The highest BCUT2D eigenvalue weighted by molar-refractivity contribution is 5.66. The zero-order valence-corrected chi connectivity index (χ0v) is 6.44. The van der Waals surface area contributed by atoms with Crippen molar-refractivity contribution in [2.24, 2.45) is 5.16 Å². The van der Waals surface area contributed by atoms with Crippen LogP contribution in [0, 0.1) is 0 Å². The van der Waals surface area contributed by atoms with E-state index in [0.717, 1.165) is 5.56 Å². The zero-order chi connectivity index (χ0) is 8.10. The summed E-state index contributed by atoms with van der Waals surface area (Å²) in [6, 6.07) is 9.92. The molecule has 1 aromatic carbocycles. The van der Waals surface area contributed by atoms with Gasteiger partial charge in [0, 0.05) is 5.92 Å². The Morgan fingerprint density at radius 3 is 2.55 bits per heavy atom. The first kappa shape index (κ1) is 7.79. The molecule has 0 bridgehead atoms. The molecule has 11 heavy (non-hydrogen) atoms. The van der Waals surface area contributed by atoms with Crippen molar-refractivity contribution in [3.05, 3.63) is 35.9 Å². The third kappa shape index (κ3) is 2.08. The van der Waals surface area contributed by atoms with Crippen LogP contribution in [0.15, 0.2) is 35.5 Å². The van der Waals surface area contributed by atoms with Crippen molar-refractivity contribution in [1.29, 1.82) is 0 Å². The quantitative estimate of drug-likeness (QED) is 0.390. The van der Waals surface area contributed by atoms with Crippen LogP contribution >= 0.6 is 0 Å². The molecule has 0 aliphatic heterocycles. The van der Waals surface area contributed by atoms with E-state index in [2.05, 4.69) is 5.16 Å². The maximum atomic E-state index is 8.27. The van der Waals surface area contributed by atoms with Crippen LogP contribution in [-0.4, -0.2) is 11.4 Å². The van der Waals surface area contributed by atoms with Gasteiger partial charge in [-0.25, -0.2) is 0 Å². The third-order valence-electron chi connectivity index (χ3n) is 1.62. The first-order valence-corrected chi connectivity index (χ1v) is 3.57. The Morgan fingerprint density at radius 2 is 2.00 bits per heavy atom. The van der Waals surface area contributed by atoms with Crippen LogP contribution in [0.3, 0.4) is 0 Å². The summed E-state index contributed by atoms with van der Waals surface area (Å²) in [4.78, 5) is 0. The zero-order valence-electron chi connectivity index (χ0n) is 6.44. The molecule has 2 nitrogen and oxygen atoms in total. The second kappa shape index (κ2) is 3.76. The van der Waals surface area contributed by atoms with Crippen LogP contribution in [0.4, 0.5) is 0 Å². The van der Waals surface area contributed by atoms with Crippen molar-refractivity contribution in [3.8, 4) is 0 Å². The smallest absolute Gasteiger partial charge is 0.0507 e. The average Bonchev–Trinajstić information content (AvgIpc) is 2.07. The summed E-state index contributed by atoms with van der Waals surface area (Å²) < 4.78 is 0. The lowest BCUT2D eigenvalue weighted by atomic mass is 10.0. The molecule has 1 N–H and O–H groups in total. The Kier molecular flexibility index (Phi) is 2.66. The van der Waals surface area contributed by atoms with E-state index in [1.54, 1.807) is 0 Å². The van der Waals surface area contributed by atoms with Gasteiger partial charge in [0.05, 0.1) is 6.21 Å². The van der Waals surface area contributed by atoms with E-state index < -0.39 is 0 Å². The number of benzene rings is 1. The third-order valence-corrected chi connectivity index (χ3v) is 1.62. The van der Waals surface area contributed by atoms with Crippen molar-refractivity contribution >= 4 is 6.21 Å². The lowest BCUT2D eigenvalue weighted by molar-refractivity contribution is 0.320. The molecule has 58 valence electrons. The van der Waals surface area contributed by atoms with E-state index >= 15 is 0 Å². The lowest BCUT2D eigenvalue weighted by Crippen LogP contribution is -1.93. The Morgan fingerprint density at radius 1 is 1.36 bits per heavy atom. The molecule has 0 heterocycles. The molecular weight excluding hydrogens is 138 g/mol. The van der Waals surface area contributed by atoms with Gasteiger partial charge < -0.3 is 5.21 Å². The van der Waals surface area contributed by atoms with Crippen LogP contribution in [-0.2, 0) is 0 Å². The number of oxime groups is 1. The number of hydrogen-bond acceptors (Lipinski definition) is 2. The molecule has 0 fully saturated rings. The maximum absolute atomic E-state index is 8.27. The number of hydrogen-bond donors (Lipinski definition) is 1. The summed E-state index contributed by atoms with van der Waals surface area (Å²) in [5.74, 6) is 0.182. The molecule has 0 spiro atoms. The Hall–Kier alpha value is -1.31. The van der Waals surface area contributed by atoms with Crippen molar-refractivity contribution < 1.29 is 5.21 Å². The van der Waals surface area contributed by atoms with Crippen LogP contribution in [0.2, 0.25) is 0 Å². The van der Waals surface area contributed by atoms with Gasteiger partial charge in [-0.05, 0) is 5.56 Å². The highest BCUT2D eigenvalue weighted by atomic mass is 16.4. The minimum absolute atomic E-state index is 0.182. The fraction of sp³-hybridized carbons (Fsp3) is 0.222. The highest BCUT2D eigenvalue weighted by Gasteiger charge is 1.99. The molecule has 0 radical (unpaired) electrons. The van der Waals surface area contributed by atoms with E-state index in [1.807, 2.05) is 37.3 Å². The fourth-order valence-corrected chi connectivity index (χ4v) is 0.943. The molecule has 2 heteroatoms. The molecule has 0 saturated heterocycles. The van der Waals surface area contributed by atoms with Gasteiger partial charge >= 0.3 is 0 Å². The normalized spacial score (nSPS) is 13.5. The summed E-state index contributed by atoms with van der Waals surface area (Å²) in [6.45, 7) is 1.98. The van der Waals surface area contributed by atoms with Gasteiger partial charge in [-0.1, -0.05) is 37.3 Å². The van der Waals surface area contributed by atoms with Crippen molar-refractivity contribution in [2.75, 3.05) is 0 Å². The van der Waals surface area contributed by atoms with Crippen molar-refractivity contribution in [1.82, 2.24) is 0 Å². The molecule has 1 rings (SSSR count). The Labute approximate surface area is 66.2 Å². The van der Waals surface area contributed by atoms with Gasteiger partial charge in [-0.2, -0.15) is 0 Å². The summed E-state index contributed by atoms with van der Waals surface area (Å²) in [5.41, 5.74) is 1.16. The molecule has 0 amide bonds. The van der Waals surface area contributed by atoms with Gasteiger partial charge in [0.15, 0.2) is 0 Å². The van der Waals surface area contributed by atoms with Gasteiger partial charge in [-0.15, -0.1) is 5.16 Å². The van der Waals surface area contributed by atoms with Crippen LogP contribution < -0.4 is 0 Å². The molecule has 0 aliphatic carbocycles. The van der Waals surface area contributed by atoms with Crippen LogP contribution in [0.5, 0.6) is 0 Å². The second-order valence-electron chi connectivity index (χ2n) is 2.46. The Bertz CT molecular complexity index is 231. The monoisotopic (exact) mass is 149 g/mol. The Balaban J connectivity index is 2.76. The van der Waals surface area contributed by atoms with Gasteiger partial charge in [-0.3, -0.25) is 0 Å². The lowest BCUT2D eigenvalue weighted by Gasteiger charge is -2.02. The minimum Gasteiger partial charge on any atom is -0.411 e. The molecule has 0 aliphatic rings. The van der Waals surface area contributed by atoms with E-state index in [1.165, 1.54) is 6.21 Å². The largest absolute Gasteiger partial charge is 0.411 e. The topological polar surface area (TPSA) is 32.6 Å². The second-order valence-corrected chi connectivity index (χ2v) is 2.46. The standard InChI is InChI=1S/C9H11NO/c1-8(7-10-11)9-5-3-2-4-6-9/h2-8,11H,1H3/b10-7+/t8-/m0/s1. The predicted molar refractivity (Wildman–Crippen MR) is 45.1 cm³/mol. The van der Waals surface area contributed by atoms with E-state index in [9.17, 15) is 0 Å². The first-order valence-electron chi connectivity index (χ1n) is 3.57. The van der Waals surface area contributed by atoms with Crippen molar-refractivity contribution in [2.45, 2.75) is 12.8 Å². The summed E-state index contributed by atoms with van der Waals surface area (Å²) in [6.07, 6.45) is 1.51. The van der Waals surface area contributed by atoms with E-state index in [4.69, 9.17) is 5.21 Å². The summed E-state index contributed by atoms with van der Waals surface area (Å²) in [5, 5.41) is 11.3. The predicted octanol–water partition coefficient (Wildman–Crippen LogP) is 2.25. The van der Waals surface area contributed by atoms with Crippen LogP contribution in [0.1, 0.15) is 18.4 Å². The maximum Gasteiger partial charge on any atom is 0.0507 e. The highest BCUT2D eigenvalue weighted by Crippen LogP contribution is 2.11. The van der Waals surface area contributed by atoms with Gasteiger partial charge in [0.25, 0.3) is 0 Å². The molecule has 1 atom stereocenters. The number of nitrogens with zero attached hydrogens (tertiary/aromatic N) is 1. The van der Waals surface area contributed by atoms with Gasteiger partial charge in [0.2, 0.25) is 0 Å². The average molecular weight is 149 g/mol. The molecular formula is C9H11NO. The summed E-state index contributed by atoms with van der Waals surface area (Å²) in [7, 11) is 0. The van der Waals surface area contributed by atoms with Gasteiger partial charge in [0.1, 0.15) is 0 Å². The van der Waals surface area contributed by atoms with Crippen molar-refractivity contribution in [3.63, 3.8) is 0 Å². The van der Waals surface area contributed by atoms with Crippen LogP contribution in [0.25, 0.3) is 0 Å². The van der Waals surface area contributed by atoms with E-state index in [0.29, 0.717) is 0 Å². The molecule has 1 aromatic rings. The molecule has 0 aromatic heterocycles. The number of rotatable bonds is 2. The minimum atomic E-state index is 0.182. The molecule has 0 unspecified atom stereocenters. The fourth-order valence-electron chi connectivity index (χ4n) is 0.943. The molecule has 0 saturated carbocycles.